The Morgan fingerprint density at radius 1 is 1.10 bits per heavy atom. The number of nitro groups is 1. The Morgan fingerprint density at radius 3 is 2.03 bits per heavy atom. The molecule has 0 aliphatic carbocycles. The second-order valence-electron chi connectivity index (χ2n) is 6.25. The molecular formula is C19H20N2O8. The van der Waals surface area contributed by atoms with Gasteiger partial charge in [0.15, 0.2) is 0 Å². The van der Waals surface area contributed by atoms with Gasteiger partial charge >= 0.3 is 17.9 Å². The van der Waals surface area contributed by atoms with Gasteiger partial charge in [-0.3, -0.25) is 14.9 Å². The molecule has 0 fully saturated rings. The summed E-state index contributed by atoms with van der Waals surface area (Å²) in [5.41, 5.74) is 0.607. The molecule has 2 rings (SSSR count). The average molecular weight is 404 g/mol. The first-order valence-corrected chi connectivity index (χ1v) is 8.45. The highest BCUT2D eigenvalue weighted by Gasteiger charge is 2.41. The lowest BCUT2D eigenvalue weighted by molar-refractivity contribution is -0.384. The van der Waals surface area contributed by atoms with E-state index in [0.29, 0.717) is 5.56 Å². The van der Waals surface area contributed by atoms with Gasteiger partial charge in [0.1, 0.15) is 6.54 Å². The van der Waals surface area contributed by atoms with Crippen LogP contribution in [0.4, 0.5) is 5.69 Å². The molecular weight excluding hydrogens is 384 g/mol. The number of methoxy groups -OCH3 is 2. The standard InChI is InChI=1S/C19H20N2O8/c1-10-15(18(24)28-3)17(12-6-5-7-13(8-12)21(26)27)16(19(25)29-4)11(2)20(10)9-14(22)23/h5-8,17H,9H2,1-4H3,(H,22,23). The topological polar surface area (TPSA) is 136 Å². The summed E-state index contributed by atoms with van der Waals surface area (Å²) in [6, 6.07) is 5.51. The summed E-state index contributed by atoms with van der Waals surface area (Å²) in [7, 11) is 2.30. The molecule has 1 aromatic carbocycles. The molecule has 1 aromatic rings. The van der Waals surface area contributed by atoms with Gasteiger partial charge in [0, 0.05) is 23.5 Å². The van der Waals surface area contributed by atoms with Crippen LogP contribution in [0.5, 0.6) is 0 Å². The summed E-state index contributed by atoms with van der Waals surface area (Å²) in [5.74, 6) is -3.78. The van der Waals surface area contributed by atoms with Crippen LogP contribution < -0.4 is 0 Å². The summed E-state index contributed by atoms with van der Waals surface area (Å²) in [6.07, 6.45) is 0. The Bertz CT molecular complexity index is 907. The SMILES string of the molecule is COC(=O)C1=C(C)N(CC(=O)O)C(C)=C(C(=O)OC)C1c1cccc([N+](=O)[O-])c1. The van der Waals surface area contributed by atoms with Crippen LogP contribution in [0, 0.1) is 10.1 Å². The number of esters is 2. The van der Waals surface area contributed by atoms with Crippen LogP contribution in [-0.2, 0) is 23.9 Å². The number of carboxylic acid groups (broad SMARTS) is 1. The summed E-state index contributed by atoms with van der Waals surface area (Å²) in [5, 5.41) is 20.5. The molecule has 0 radical (unpaired) electrons. The highest BCUT2D eigenvalue weighted by atomic mass is 16.6. The van der Waals surface area contributed by atoms with E-state index in [2.05, 4.69) is 0 Å². The molecule has 0 unspecified atom stereocenters. The smallest absolute Gasteiger partial charge is 0.336 e. The normalized spacial score (nSPS) is 14.7. The Balaban J connectivity index is 2.84. The fourth-order valence-electron chi connectivity index (χ4n) is 3.38. The van der Waals surface area contributed by atoms with Crippen molar-refractivity contribution in [2.75, 3.05) is 20.8 Å². The number of aliphatic carboxylic acids is 1. The number of hydrogen-bond donors (Lipinski definition) is 1. The molecule has 0 saturated carbocycles. The minimum atomic E-state index is -1.18. The first kappa shape index (κ1) is 21.6. The van der Waals surface area contributed by atoms with E-state index in [1.807, 2.05) is 0 Å². The van der Waals surface area contributed by atoms with E-state index < -0.39 is 35.3 Å². The van der Waals surface area contributed by atoms with Crippen molar-refractivity contribution in [3.8, 4) is 0 Å². The van der Waals surface area contributed by atoms with Crippen LogP contribution in [0.3, 0.4) is 0 Å². The van der Waals surface area contributed by atoms with Crippen LogP contribution in [0.2, 0.25) is 0 Å². The van der Waals surface area contributed by atoms with Gasteiger partial charge in [0.25, 0.3) is 5.69 Å². The third kappa shape index (κ3) is 4.10. The third-order valence-corrected chi connectivity index (χ3v) is 4.69. The molecule has 0 bridgehead atoms. The number of nitrogens with zero attached hydrogens (tertiary/aromatic N) is 2. The lowest BCUT2D eigenvalue weighted by atomic mass is 9.79. The molecule has 154 valence electrons. The number of benzene rings is 1. The predicted molar refractivity (Wildman–Crippen MR) is 99.6 cm³/mol. The van der Waals surface area contributed by atoms with Crippen molar-refractivity contribution in [2.24, 2.45) is 0 Å². The number of carbonyl (C=O) groups is 3. The van der Waals surface area contributed by atoms with Crippen LogP contribution in [0.25, 0.3) is 0 Å². The highest BCUT2D eigenvalue weighted by molar-refractivity contribution is 6.00. The van der Waals surface area contributed by atoms with Crippen molar-refractivity contribution in [3.05, 3.63) is 62.5 Å². The summed E-state index contributed by atoms with van der Waals surface area (Å²) in [6.45, 7) is 2.55. The fraction of sp³-hybridized carbons (Fsp3) is 0.316. The predicted octanol–water partition coefficient (Wildman–Crippen LogP) is 1.97. The maximum absolute atomic E-state index is 12.6. The molecule has 1 N–H and O–H groups in total. The molecule has 10 heteroatoms. The molecule has 0 amide bonds. The van der Waals surface area contributed by atoms with Crippen LogP contribution in [0.15, 0.2) is 46.8 Å². The molecule has 0 saturated heterocycles. The zero-order valence-electron chi connectivity index (χ0n) is 16.3. The number of carboxylic acids is 1. The number of carbonyl (C=O) groups excluding carboxylic acids is 2. The van der Waals surface area contributed by atoms with Gasteiger partial charge in [-0.1, -0.05) is 12.1 Å². The van der Waals surface area contributed by atoms with Gasteiger partial charge in [-0.2, -0.15) is 0 Å². The third-order valence-electron chi connectivity index (χ3n) is 4.69. The number of hydrogen-bond acceptors (Lipinski definition) is 8. The Morgan fingerprint density at radius 2 is 1.62 bits per heavy atom. The first-order chi connectivity index (χ1) is 13.6. The zero-order chi connectivity index (χ0) is 21.9. The van der Waals surface area contributed by atoms with Gasteiger partial charge < -0.3 is 19.5 Å². The lowest BCUT2D eigenvalue weighted by Crippen LogP contribution is -2.37. The first-order valence-electron chi connectivity index (χ1n) is 8.45. The largest absolute Gasteiger partial charge is 0.480 e. The van der Waals surface area contributed by atoms with E-state index in [4.69, 9.17) is 9.47 Å². The van der Waals surface area contributed by atoms with Crippen LogP contribution in [-0.4, -0.2) is 53.6 Å². The minimum Gasteiger partial charge on any atom is -0.480 e. The van der Waals surface area contributed by atoms with Crippen molar-refractivity contribution in [2.45, 2.75) is 19.8 Å². The van der Waals surface area contributed by atoms with Gasteiger partial charge in [0.2, 0.25) is 0 Å². The number of non-ortho nitro benzene ring substituents is 1. The molecule has 1 heterocycles. The Labute approximate surface area is 166 Å². The van der Waals surface area contributed by atoms with Crippen molar-refractivity contribution in [3.63, 3.8) is 0 Å². The molecule has 0 aromatic heterocycles. The highest BCUT2D eigenvalue weighted by Crippen LogP contribution is 2.43. The molecule has 0 atom stereocenters. The van der Waals surface area contributed by atoms with Crippen molar-refractivity contribution >= 4 is 23.6 Å². The van der Waals surface area contributed by atoms with Crippen molar-refractivity contribution in [1.29, 1.82) is 0 Å². The minimum absolute atomic E-state index is 0.000230. The second kappa shape index (κ2) is 8.55. The average Bonchev–Trinajstić information content (AvgIpc) is 2.69. The maximum atomic E-state index is 12.6. The number of allylic oxidation sites excluding steroid dienone is 2. The van der Waals surface area contributed by atoms with Crippen molar-refractivity contribution < 1.29 is 33.9 Å². The molecule has 10 nitrogen and oxygen atoms in total. The van der Waals surface area contributed by atoms with E-state index in [9.17, 15) is 29.6 Å². The molecule has 1 aliphatic rings. The summed E-state index contributed by atoms with van der Waals surface area (Å²) < 4.78 is 9.72. The summed E-state index contributed by atoms with van der Waals surface area (Å²) in [4.78, 5) is 48.5. The van der Waals surface area contributed by atoms with Crippen LogP contribution >= 0.6 is 0 Å². The fourth-order valence-corrected chi connectivity index (χ4v) is 3.38. The van der Waals surface area contributed by atoms with E-state index in [1.54, 1.807) is 0 Å². The van der Waals surface area contributed by atoms with E-state index in [0.717, 1.165) is 14.2 Å². The Hall–Kier alpha value is -3.69. The zero-order valence-corrected chi connectivity index (χ0v) is 16.3. The lowest BCUT2D eigenvalue weighted by Gasteiger charge is -2.36. The van der Waals surface area contributed by atoms with Crippen molar-refractivity contribution in [1.82, 2.24) is 4.90 Å². The molecule has 0 spiro atoms. The monoisotopic (exact) mass is 404 g/mol. The second-order valence-corrected chi connectivity index (χ2v) is 6.25. The number of ether oxygens (including phenoxy) is 2. The van der Waals surface area contributed by atoms with Gasteiger partial charge in [-0.25, -0.2) is 9.59 Å². The van der Waals surface area contributed by atoms with E-state index in [-0.39, 0.29) is 28.2 Å². The van der Waals surface area contributed by atoms with Crippen LogP contribution in [0.1, 0.15) is 25.3 Å². The number of rotatable bonds is 6. The van der Waals surface area contributed by atoms with Gasteiger partial charge in [-0.15, -0.1) is 0 Å². The Kier molecular flexibility index (Phi) is 6.37. The van der Waals surface area contributed by atoms with Gasteiger partial charge in [-0.05, 0) is 19.4 Å². The quantitative estimate of drug-likeness (QED) is 0.428. The molecule has 29 heavy (non-hydrogen) atoms. The maximum Gasteiger partial charge on any atom is 0.336 e. The molecule has 1 aliphatic heterocycles. The van der Waals surface area contributed by atoms with E-state index >= 15 is 0 Å². The summed E-state index contributed by atoms with van der Waals surface area (Å²) >= 11 is 0. The van der Waals surface area contributed by atoms with Gasteiger partial charge in [0.05, 0.1) is 36.2 Å². The van der Waals surface area contributed by atoms with E-state index in [1.165, 1.54) is 43.0 Å². The number of nitro benzene ring substituents is 1.